The largest absolute Gasteiger partial charge is 2.00 e. The molecule has 0 spiro atoms. The van der Waals surface area contributed by atoms with Crippen LogP contribution in [0.3, 0.4) is 0 Å². The molecule has 0 bridgehead atoms. The monoisotopic (exact) mass is 202 g/mol. The van der Waals surface area contributed by atoms with E-state index < -0.39 is 14.0 Å². The van der Waals surface area contributed by atoms with Crippen molar-refractivity contribution in [3.8, 4) is 0 Å². The third-order valence-corrected chi connectivity index (χ3v) is 0. The summed E-state index contributed by atoms with van der Waals surface area (Å²) in [5.41, 5.74) is 0. The van der Waals surface area contributed by atoms with E-state index >= 15 is 0 Å². The molecule has 0 unspecified atom stereocenters. The van der Waals surface area contributed by atoms with Crippen molar-refractivity contribution in [2.45, 2.75) is 0 Å². The zero-order valence-corrected chi connectivity index (χ0v) is 7.81. The zero-order valence-electron chi connectivity index (χ0n) is 6.71. The molecule has 60 valence electrons. The van der Waals surface area contributed by atoms with Gasteiger partial charge >= 0.3 is 51.7 Å². The van der Waals surface area contributed by atoms with Gasteiger partial charge in [0.15, 0.2) is 0 Å². The van der Waals surface area contributed by atoms with Gasteiger partial charge in [-0.2, -0.15) is 0 Å². The normalized spacial score (nSPS) is 8.30. The summed E-state index contributed by atoms with van der Waals surface area (Å²) in [5, 5.41) is 13.9. The van der Waals surface area contributed by atoms with Crippen LogP contribution in [0.25, 0.3) is 0 Å². The van der Waals surface area contributed by atoms with Gasteiger partial charge in [-0.15, -0.1) is 0 Å². The maximum absolute atomic E-state index is 8.88. The number of phosphoric acid groups is 1. The Hall–Kier alpha value is 0.640. The molecule has 0 atom stereocenters. The molecular formula is CH7CaO7P. The van der Waals surface area contributed by atoms with Crippen LogP contribution in [0.15, 0.2) is 0 Å². The molecule has 0 amide bonds. The third-order valence-electron chi connectivity index (χ3n) is 0. The van der Waals surface area contributed by atoms with Crippen LogP contribution >= 0.6 is 7.82 Å². The predicted octanol–water partition coefficient (Wildman–Crippen LogP) is -0.862. The summed E-state index contributed by atoms with van der Waals surface area (Å²) in [6.45, 7) is 0. The maximum Gasteiger partial charge on any atom is 2.00 e. The minimum absolute atomic E-state index is 0. The fraction of sp³-hybridized carbons (Fsp3) is 0. The minimum Gasteiger partial charge on any atom is -1.00 e. The van der Waals surface area contributed by atoms with Gasteiger partial charge < -0.3 is 27.7 Å². The molecular weight excluding hydrogens is 195 g/mol. The van der Waals surface area contributed by atoms with Crippen LogP contribution < -0.4 is 0 Å². The number of hydrogen-bond donors (Lipinski definition) is 5. The van der Waals surface area contributed by atoms with E-state index in [-0.39, 0.29) is 40.6 Å². The number of carbonyl (C=O) groups is 1. The van der Waals surface area contributed by atoms with Gasteiger partial charge in [0, 0.05) is 0 Å². The molecule has 0 aliphatic heterocycles. The molecule has 9 heteroatoms. The van der Waals surface area contributed by atoms with Crippen molar-refractivity contribution >= 4 is 51.7 Å². The molecule has 10 heavy (non-hydrogen) atoms. The molecule has 7 nitrogen and oxygen atoms in total. The van der Waals surface area contributed by atoms with Crippen LogP contribution in [0, 0.1) is 0 Å². The van der Waals surface area contributed by atoms with Crippen LogP contribution in [0.1, 0.15) is 2.85 Å². The molecule has 0 aliphatic carbocycles. The van der Waals surface area contributed by atoms with E-state index in [9.17, 15) is 0 Å². The van der Waals surface area contributed by atoms with Gasteiger partial charge in [-0.25, -0.2) is 9.36 Å². The number of hydrogen-bond acceptors (Lipinski definition) is 2. The SMILES string of the molecule is O=C(O)O.O=P(O)(O)O.[Ca+2].[H-].[H-]. The van der Waals surface area contributed by atoms with Gasteiger partial charge in [0.25, 0.3) is 0 Å². The van der Waals surface area contributed by atoms with Gasteiger partial charge in [-0.05, 0) is 0 Å². The van der Waals surface area contributed by atoms with Crippen LogP contribution in [0.4, 0.5) is 4.79 Å². The van der Waals surface area contributed by atoms with Crippen molar-refractivity contribution in [1.29, 1.82) is 0 Å². The summed E-state index contributed by atoms with van der Waals surface area (Å²) < 4.78 is 8.88. The summed E-state index contributed by atoms with van der Waals surface area (Å²) in [5.74, 6) is 0. The van der Waals surface area contributed by atoms with E-state index in [1.165, 1.54) is 0 Å². The fourth-order valence-electron chi connectivity index (χ4n) is 0. The second kappa shape index (κ2) is 7.74. The Balaban J connectivity index is -0.0000000221. The number of carboxylic acid groups (broad SMARTS) is 2. The van der Waals surface area contributed by atoms with E-state index in [1.54, 1.807) is 0 Å². The Bertz CT molecular complexity index is 121. The smallest absolute Gasteiger partial charge is 1.00 e. The van der Waals surface area contributed by atoms with E-state index in [2.05, 4.69) is 0 Å². The first kappa shape index (κ1) is 16.9. The molecule has 0 saturated heterocycles. The van der Waals surface area contributed by atoms with Crippen molar-refractivity contribution in [1.82, 2.24) is 0 Å². The molecule has 0 fully saturated rings. The number of rotatable bonds is 0. The Morgan fingerprint density at radius 3 is 1.20 bits per heavy atom. The van der Waals surface area contributed by atoms with E-state index in [4.69, 9.17) is 34.3 Å². The summed E-state index contributed by atoms with van der Waals surface area (Å²) in [4.78, 5) is 30.1. The summed E-state index contributed by atoms with van der Waals surface area (Å²) in [6.07, 6.45) is -1.83. The molecule has 0 aromatic rings. The van der Waals surface area contributed by atoms with E-state index in [1.807, 2.05) is 0 Å². The first-order valence-corrected chi connectivity index (χ1v) is 3.00. The summed E-state index contributed by atoms with van der Waals surface area (Å²) in [6, 6.07) is 0. The quantitative estimate of drug-likeness (QED) is 0.254. The van der Waals surface area contributed by atoms with Gasteiger partial charge in [0.2, 0.25) is 0 Å². The standard InChI is InChI=1S/CH2O3.Ca.H3O4P.2H/c2-1(3)4;;1-5(2,3)4;;/h(H2,2,3,4);;(H3,1,2,3,4);;/q;+2;;2*-1. The van der Waals surface area contributed by atoms with Crippen molar-refractivity contribution < 1.29 is 37.1 Å². The summed E-state index contributed by atoms with van der Waals surface area (Å²) >= 11 is 0. The van der Waals surface area contributed by atoms with Gasteiger partial charge in [0.05, 0.1) is 0 Å². The molecule has 0 radical (unpaired) electrons. The average Bonchev–Trinajstić information content (AvgIpc) is 1.19. The summed E-state index contributed by atoms with van der Waals surface area (Å²) in [7, 11) is -4.64. The Morgan fingerprint density at radius 1 is 1.20 bits per heavy atom. The maximum atomic E-state index is 8.88. The first-order chi connectivity index (χ1) is 3.73. The average molecular weight is 202 g/mol. The molecule has 0 aromatic carbocycles. The second-order valence-corrected chi connectivity index (χ2v) is 1.82. The third kappa shape index (κ3) is 1230. The molecule has 0 heterocycles. The van der Waals surface area contributed by atoms with Crippen molar-refractivity contribution in [3.05, 3.63) is 0 Å². The zero-order chi connectivity index (χ0) is 8.08. The fourth-order valence-corrected chi connectivity index (χ4v) is 0. The van der Waals surface area contributed by atoms with Crippen LogP contribution in [-0.2, 0) is 4.57 Å². The Labute approximate surface area is 88.5 Å². The Kier molecular flexibility index (Phi) is 13.1. The minimum atomic E-state index is -4.64. The van der Waals surface area contributed by atoms with Crippen molar-refractivity contribution in [2.75, 3.05) is 0 Å². The second-order valence-electron chi connectivity index (χ2n) is 0.796. The molecule has 0 aliphatic rings. The Morgan fingerprint density at radius 2 is 1.20 bits per heavy atom. The van der Waals surface area contributed by atoms with Crippen molar-refractivity contribution in [3.63, 3.8) is 0 Å². The molecule has 5 N–H and O–H groups in total. The van der Waals surface area contributed by atoms with Crippen LogP contribution in [-0.4, -0.2) is 68.8 Å². The van der Waals surface area contributed by atoms with Gasteiger partial charge in [-0.3, -0.25) is 0 Å². The molecule has 0 rings (SSSR count). The molecule has 0 aromatic heterocycles. The van der Waals surface area contributed by atoms with Gasteiger partial charge in [-0.1, -0.05) is 0 Å². The topological polar surface area (TPSA) is 135 Å². The molecule has 0 saturated carbocycles. The van der Waals surface area contributed by atoms with Crippen molar-refractivity contribution in [2.24, 2.45) is 0 Å². The first-order valence-electron chi connectivity index (χ1n) is 1.43. The van der Waals surface area contributed by atoms with Crippen LogP contribution in [0.5, 0.6) is 0 Å². The predicted molar refractivity (Wildman–Crippen MR) is 32.9 cm³/mol. The van der Waals surface area contributed by atoms with E-state index in [0.717, 1.165) is 0 Å². The van der Waals surface area contributed by atoms with E-state index in [0.29, 0.717) is 0 Å². The van der Waals surface area contributed by atoms with Crippen LogP contribution in [0.2, 0.25) is 0 Å². The van der Waals surface area contributed by atoms with Gasteiger partial charge in [0.1, 0.15) is 0 Å².